The second kappa shape index (κ2) is 4.30. The molecule has 0 bridgehead atoms. The van der Waals surface area contributed by atoms with Crippen molar-refractivity contribution in [3.63, 3.8) is 0 Å². The summed E-state index contributed by atoms with van der Waals surface area (Å²) in [5.74, 6) is 0.603. The molecule has 1 fully saturated rings. The third-order valence-electron chi connectivity index (χ3n) is 2.93. The highest BCUT2D eigenvalue weighted by atomic mass is 32.2. The van der Waals surface area contributed by atoms with Crippen LogP contribution in [0.3, 0.4) is 0 Å². The van der Waals surface area contributed by atoms with Crippen molar-refractivity contribution in [2.24, 2.45) is 5.92 Å². The van der Waals surface area contributed by atoms with Gasteiger partial charge in [-0.15, -0.1) is 0 Å². The van der Waals surface area contributed by atoms with E-state index in [0.717, 1.165) is 12.8 Å². The van der Waals surface area contributed by atoms with Crippen molar-refractivity contribution in [1.82, 2.24) is 14.5 Å². The fourth-order valence-corrected chi connectivity index (χ4v) is 3.48. The number of anilines is 1. The van der Waals surface area contributed by atoms with Crippen LogP contribution >= 0.6 is 0 Å². The average molecular weight is 258 g/mol. The Hall–Kier alpha value is -1.08. The van der Waals surface area contributed by atoms with E-state index in [-0.39, 0.29) is 16.8 Å². The monoisotopic (exact) mass is 258 g/mol. The van der Waals surface area contributed by atoms with Crippen LogP contribution in [-0.2, 0) is 10.0 Å². The van der Waals surface area contributed by atoms with E-state index in [2.05, 4.69) is 10.2 Å². The summed E-state index contributed by atoms with van der Waals surface area (Å²) in [6, 6.07) is -0.0742. The Kier molecular flexibility index (Phi) is 3.13. The van der Waals surface area contributed by atoms with Crippen LogP contribution in [0.15, 0.2) is 11.1 Å². The Morgan fingerprint density at radius 1 is 1.59 bits per heavy atom. The zero-order valence-electron chi connectivity index (χ0n) is 10.0. The first-order chi connectivity index (χ1) is 7.93. The molecule has 0 atom stereocenters. The van der Waals surface area contributed by atoms with E-state index >= 15 is 0 Å². The molecule has 6 nitrogen and oxygen atoms in total. The van der Waals surface area contributed by atoms with Crippen molar-refractivity contribution in [3.8, 4) is 0 Å². The Morgan fingerprint density at radius 3 is 2.65 bits per heavy atom. The average Bonchev–Trinajstić information content (AvgIpc) is 2.95. The summed E-state index contributed by atoms with van der Waals surface area (Å²) in [5, 5.41) is 6.13. The predicted molar refractivity (Wildman–Crippen MR) is 64.8 cm³/mol. The number of aromatic nitrogens is 2. The van der Waals surface area contributed by atoms with E-state index < -0.39 is 10.0 Å². The van der Waals surface area contributed by atoms with Crippen molar-refractivity contribution in [2.75, 3.05) is 12.3 Å². The molecule has 1 saturated carbocycles. The second-order valence-electron chi connectivity index (χ2n) is 4.76. The second-order valence-corrected chi connectivity index (χ2v) is 6.62. The number of nitrogen functional groups attached to an aromatic ring is 1. The summed E-state index contributed by atoms with van der Waals surface area (Å²) in [4.78, 5) is 0.0758. The van der Waals surface area contributed by atoms with E-state index in [9.17, 15) is 8.42 Å². The zero-order chi connectivity index (χ0) is 12.6. The van der Waals surface area contributed by atoms with Crippen molar-refractivity contribution >= 4 is 15.8 Å². The van der Waals surface area contributed by atoms with Crippen LogP contribution in [0.4, 0.5) is 5.82 Å². The van der Waals surface area contributed by atoms with Crippen LogP contribution in [0.1, 0.15) is 26.7 Å². The molecule has 1 aromatic rings. The molecular formula is C10H18N4O2S. The lowest BCUT2D eigenvalue weighted by molar-refractivity contribution is 0.342. The van der Waals surface area contributed by atoms with E-state index in [1.54, 1.807) is 0 Å². The number of hydrogen-bond acceptors (Lipinski definition) is 4. The Balaban J connectivity index is 2.30. The Morgan fingerprint density at radius 2 is 2.24 bits per heavy atom. The lowest BCUT2D eigenvalue weighted by Crippen LogP contribution is -2.38. The molecule has 7 heteroatoms. The van der Waals surface area contributed by atoms with Gasteiger partial charge < -0.3 is 5.73 Å². The van der Waals surface area contributed by atoms with Gasteiger partial charge in [-0.1, -0.05) is 0 Å². The molecule has 96 valence electrons. The molecule has 1 heterocycles. The van der Waals surface area contributed by atoms with Gasteiger partial charge in [-0.05, 0) is 32.6 Å². The first-order valence-electron chi connectivity index (χ1n) is 5.73. The molecule has 3 N–H and O–H groups in total. The fraction of sp³-hybridized carbons (Fsp3) is 0.700. The minimum absolute atomic E-state index is 0.0742. The topological polar surface area (TPSA) is 92.1 Å². The zero-order valence-corrected chi connectivity index (χ0v) is 10.9. The minimum Gasteiger partial charge on any atom is -0.383 e. The third-order valence-corrected chi connectivity index (χ3v) is 5.00. The van der Waals surface area contributed by atoms with Crippen molar-refractivity contribution in [1.29, 1.82) is 0 Å². The van der Waals surface area contributed by atoms with Crippen LogP contribution in [0.5, 0.6) is 0 Å². The predicted octanol–water partition coefficient (Wildman–Crippen LogP) is 0.801. The van der Waals surface area contributed by atoms with E-state index in [4.69, 9.17) is 5.73 Å². The summed E-state index contributed by atoms with van der Waals surface area (Å²) in [6.45, 7) is 4.32. The summed E-state index contributed by atoms with van der Waals surface area (Å²) < 4.78 is 26.3. The largest absolute Gasteiger partial charge is 0.383 e. The normalized spacial score (nSPS) is 16.9. The van der Waals surface area contributed by atoms with Gasteiger partial charge in [-0.25, -0.2) is 8.42 Å². The molecule has 1 aliphatic carbocycles. The number of rotatable bonds is 5. The van der Waals surface area contributed by atoms with Crippen molar-refractivity contribution < 1.29 is 8.42 Å². The summed E-state index contributed by atoms with van der Waals surface area (Å²) in [7, 11) is -3.53. The molecule has 0 aromatic carbocycles. The van der Waals surface area contributed by atoms with Gasteiger partial charge in [0.1, 0.15) is 10.7 Å². The van der Waals surface area contributed by atoms with Gasteiger partial charge in [-0.2, -0.15) is 9.40 Å². The number of sulfonamides is 1. The molecular weight excluding hydrogens is 240 g/mol. The van der Waals surface area contributed by atoms with Crippen LogP contribution in [-0.4, -0.2) is 35.5 Å². The van der Waals surface area contributed by atoms with Crippen LogP contribution in [0.2, 0.25) is 0 Å². The Bertz CT molecular complexity index is 490. The molecule has 2 rings (SSSR count). The van der Waals surface area contributed by atoms with Crippen LogP contribution < -0.4 is 5.73 Å². The number of nitrogens with zero attached hydrogens (tertiary/aromatic N) is 2. The molecule has 0 saturated heterocycles. The maximum atomic E-state index is 12.4. The highest BCUT2D eigenvalue weighted by molar-refractivity contribution is 7.89. The maximum Gasteiger partial charge on any atom is 0.248 e. The molecule has 0 spiro atoms. The minimum atomic E-state index is -3.53. The van der Waals surface area contributed by atoms with Crippen molar-refractivity contribution in [3.05, 3.63) is 6.20 Å². The summed E-state index contributed by atoms with van der Waals surface area (Å²) >= 11 is 0. The van der Waals surface area contributed by atoms with Crippen molar-refractivity contribution in [2.45, 2.75) is 37.6 Å². The molecule has 0 unspecified atom stereocenters. The molecule has 0 aliphatic heterocycles. The first-order valence-corrected chi connectivity index (χ1v) is 7.17. The van der Waals surface area contributed by atoms with E-state index in [0.29, 0.717) is 12.5 Å². The highest BCUT2D eigenvalue weighted by Gasteiger charge is 2.34. The molecule has 17 heavy (non-hydrogen) atoms. The maximum absolute atomic E-state index is 12.4. The number of hydrogen-bond donors (Lipinski definition) is 2. The van der Waals surface area contributed by atoms with E-state index in [1.807, 2.05) is 13.8 Å². The lowest BCUT2D eigenvalue weighted by atomic mass is 10.3. The van der Waals surface area contributed by atoms with Gasteiger partial charge in [0, 0.05) is 12.6 Å². The number of H-pyrrole nitrogens is 1. The molecule has 1 aliphatic rings. The number of aromatic amines is 1. The SMILES string of the molecule is CC(C)N(CC1CC1)S(=O)(=O)c1cn[nH]c1N. The summed E-state index contributed by atoms with van der Waals surface area (Å²) in [6.07, 6.45) is 3.49. The molecule has 1 aromatic heterocycles. The van der Waals surface area contributed by atoms with Crippen LogP contribution in [0, 0.1) is 5.92 Å². The van der Waals surface area contributed by atoms with Gasteiger partial charge in [0.15, 0.2) is 0 Å². The number of nitrogens with one attached hydrogen (secondary N) is 1. The number of nitrogens with two attached hydrogens (primary N) is 1. The first kappa shape index (κ1) is 12.4. The van der Waals surface area contributed by atoms with Gasteiger partial charge in [0.2, 0.25) is 10.0 Å². The smallest absolute Gasteiger partial charge is 0.248 e. The summed E-state index contributed by atoms with van der Waals surface area (Å²) in [5.41, 5.74) is 5.59. The fourth-order valence-electron chi connectivity index (χ4n) is 1.76. The highest BCUT2D eigenvalue weighted by Crippen LogP contribution is 2.33. The van der Waals surface area contributed by atoms with Gasteiger partial charge in [-0.3, -0.25) is 5.10 Å². The van der Waals surface area contributed by atoms with Crippen LogP contribution in [0.25, 0.3) is 0 Å². The molecule has 0 amide bonds. The Labute approximate surface area is 101 Å². The standard InChI is InChI=1S/C10H18N4O2S/c1-7(2)14(6-8-3-4-8)17(15,16)9-5-12-13-10(9)11/h5,7-8H,3-4,6H2,1-2H3,(H3,11,12,13). The third kappa shape index (κ3) is 2.44. The van der Waals surface area contributed by atoms with E-state index in [1.165, 1.54) is 10.5 Å². The van der Waals surface area contributed by atoms with Gasteiger partial charge in [0.25, 0.3) is 0 Å². The van der Waals surface area contributed by atoms with Gasteiger partial charge in [0.05, 0.1) is 6.20 Å². The lowest BCUT2D eigenvalue weighted by Gasteiger charge is -2.25. The quantitative estimate of drug-likeness (QED) is 0.817. The van der Waals surface area contributed by atoms with Gasteiger partial charge >= 0.3 is 0 Å². The molecule has 0 radical (unpaired) electrons.